The van der Waals surface area contributed by atoms with Crippen LogP contribution in [0.5, 0.6) is 5.88 Å². The van der Waals surface area contributed by atoms with Crippen molar-refractivity contribution in [2.24, 2.45) is 5.84 Å². The van der Waals surface area contributed by atoms with Crippen LogP contribution >= 0.6 is 0 Å². The molecule has 3 N–H and O–H groups in total. The number of aromatic nitrogens is 1. The zero-order valence-corrected chi connectivity index (χ0v) is 9.36. The zero-order chi connectivity index (χ0) is 11.1. The summed E-state index contributed by atoms with van der Waals surface area (Å²) in [6.07, 6.45) is 5.00. The Balaban J connectivity index is 2.80. The molecule has 1 unspecified atom stereocenters. The first kappa shape index (κ1) is 11.9. The van der Waals surface area contributed by atoms with Gasteiger partial charge in [0.1, 0.15) is 0 Å². The summed E-state index contributed by atoms with van der Waals surface area (Å²) in [4.78, 5) is 4.16. The van der Waals surface area contributed by atoms with Gasteiger partial charge in [-0.2, -0.15) is 0 Å². The number of rotatable bonds is 6. The Morgan fingerprint density at radius 2 is 2.40 bits per heavy atom. The van der Waals surface area contributed by atoms with Crippen molar-refractivity contribution in [3.8, 4) is 5.88 Å². The predicted molar refractivity (Wildman–Crippen MR) is 60.4 cm³/mol. The minimum atomic E-state index is 0.119. The van der Waals surface area contributed by atoms with E-state index in [1.165, 1.54) is 0 Å². The monoisotopic (exact) mass is 209 g/mol. The topological polar surface area (TPSA) is 60.2 Å². The zero-order valence-electron chi connectivity index (χ0n) is 9.36. The Bertz CT molecular complexity index is 291. The van der Waals surface area contributed by atoms with Gasteiger partial charge in [0.2, 0.25) is 5.88 Å². The molecule has 0 amide bonds. The van der Waals surface area contributed by atoms with Gasteiger partial charge in [-0.3, -0.25) is 11.3 Å². The molecule has 1 aromatic heterocycles. The lowest BCUT2D eigenvalue weighted by Crippen LogP contribution is -2.28. The van der Waals surface area contributed by atoms with Crippen LogP contribution in [0.25, 0.3) is 0 Å². The molecule has 1 rings (SSSR count). The highest BCUT2D eigenvalue weighted by Gasteiger charge is 2.14. The van der Waals surface area contributed by atoms with Gasteiger partial charge in [0.05, 0.1) is 13.2 Å². The highest BCUT2D eigenvalue weighted by atomic mass is 16.5. The van der Waals surface area contributed by atoms with Crippen LogP contribution in [-0.2, 0) is 0 Å². The van der Waals surface area contributed by atoms with E-state index < -0.39 is 0 Å². The fourth-order valence-corrected chi connectivity index (χ4v) is 1.58. The lowest BCUT2D eigenvalue weighted by Gasteiger charge is -2.17. The van der Waals surface area contributed by atoms with E-state index >= 15 is 0 Å². The third-order valence-corrected chi connectivity index (χ3v) is 2.42. The second-order valence-electron chi connectivity index (χ2n) is 3.46. The molecule has 4 nitrogen and oxygen atoms in total. The Morgan fingerprint density at radius 3 is 3.00 bits per heavy atom. The minimum Gasteiger partial charge on any atom is -0.481 e. The number of nitrogens with two attached hydrogens (primary N) is 1. The number of nitrogens with one attached hydrogen (secondary N) is 1. The standard InChI is InChI=1S/C11H19N3O/c1-3-4-7-10(14-12)9-6-5-8-13-11(9)15-2/h5-6,8,10,14H,3-4,7,12H2,1-2H3. The van der Waals surface area contributed by atoms with E-state index in [9.17, 15) is 0 Å². The largest absolute Gasteiger partial charge is 0.481 e. The number of unbranched alkanes of at least 4 members (excludes halogenated alkanes) is 1. The number of hydrogen-bond acceptors (Lipinski definition) is 4. The van der Waals surface area contributed by atoms with Gasteiger partial charge in [0, 0.05) is 11.8 Å². The Hall–Kier alpha value is -1.13. The molecule has 1 heterocycles. The molecule has 15 heavy (non-hydrogen) atoms. The van der Waals surface area contributed by atoms with Crippen molar-refractivity contribution in [2.75, 3.05) is 7.11 Å². The average Bonchev–Trinajstić information content (AvgIpc) is 2.30. The van der Waals surface area contributed by atoms with E-state index in [-0.39, 0.29) is 6.04 Å². The van der Waals surface area contributed by atoms with Crippen LogP contribution in [0, 0.1) is 0 Å². The molecule has 0 bridgehead atoms. The highest BCUT2D eigenvalue weighted by molar-refractivity contribution is 5.28. The van der Waals surface area contributed by atoms with E-state index in [4.69, 9.17) is 10.6 Å². The summed E-state index contributed by atoms with van der Waals surface area (Å²) in [5.74, 6) is 6.19. The van der Waals surface area contributed by atoms with Crippen LogP contribution in [-0.4, -0.2) is 12.1 Å². The molecule has 0 aromatic carbocycles. The third-order valence-electron chi connectivity index (χ3n) is 2.42. The summed E-state index contributed by atoms with van der Waals surface area (Å²) >= 11 is 0. The molecule has 0 aliphatic rings. The molecule has 84 valence electrons. The molecule has 0 spiro atoms. The van der Waals surface area contributed by atoms with Crippen molar-refractivity contribution in [3.63, 3.8) is 0 Å². The maximum absolute atomic E-state index is 5.54. The van der Waals surface area contributed by atoms with Crippen molar-refractivity contribution in [1.29, 1.82) is 0 Å². The molecule has 0 fully saturated rings. The Labute approximate surface area is 90.8 Å². The first-order valence-corrected chi connectivity index (χ1v) is 5.28. The van der Waals surface area contributed by atoms with Crippen LogP contribution in [0.4, 0.5) is 0 Å². The minimum absolute atomic E-state index is 0.119. The number of nitrogens with zero attached hydrogens (tertiary/aromatic N) is 1. The summed E-state index contributed by atoms with van der Waals surface area (Å²) in [5, 5.41) is 0. The molecular weight excluding hydrogens is 190 g/mol. The number of hydrogen-bond donors (Lipinski definition) is 2. The summed E-state index contributed by atoms with van der Waals surface area (Å²) < 4.78 is 5.20. The van der Waals surface area contributed by atoms with Gasteiger partial charge < -0.3 is 4.74 Å². The SMILES string of the molecule is CCCCC(NN)c1cccnc1OC. The van der Waals surface area contributed by atoms with Crippen LogP contribution in [0.2, 0.25) is 0 Å². The predicted octanol–water partition coefficient (Wildman–Crippen LogP) is 1.78. The lowest BCUT2D eigenvalue weighted by atomic mass is 10.0. The summed E-state index contributed by atoms with van der Waals surface area (Å²) in [7, 11) is 1.62. The summed E-state index contributed by atoms with van der Waals surface area (Å²) in [5.41, 5.74) is 3.83. The van der Waals surface area contributed by atoms with Crippen LogP contribution in [0.3, 0.4) is 0 Å². The van der Waals surface area contributed by atoms with Crippen LogP contribution in [0.15, 0.2) is 18.3 Å². The van der Waals surface area contributed by atoms with E-state index in [1.807, 2.05) is 12.1 Å². The Kier molecular flexibility index (Phi) is 5.07. The average molecular weight is 209 g/mol. The van der Waals surface area contributed by atoms with Crippen molar-refractivity contribution in [2.45, 2.75) is 32.2 Å². The lowest BCUT2D eigenvalue weighted by molar-refractivity contribution is 0.378. The van der Waals surface area contributed by atoms with Gasteiger partial charge in [0.15, 0.2) is 0 Å². The van der Waals surface area contributed by atoms with Gasteiger partial charge in [-0.25, -0.2) is 4.98 Å². The molecule has 0 aliphatic carbocycles. The number of ether oxygens (including phenoxy) is 1. The molecule has 1 atom stereocenters. The van der Waals surface area contributed by atoms with Crippen molar-refractivity contribution in [3.05, 3.63) is 23.9 Å². The van der Waals surface area contributed by atoms with Crippen LogP contribution in [0.1, 0.15) is 37.8 Å². The van der Waals surface area contributed by atoms with E-state index in [0.29, 0.717) is 5.88 Å². The molecular formula is C11H19N3O. The van der Waals surface area contributed by atoms with Gasteiger partial charge in [-0.05, 0) is 12.5 Å². The van der Waals surface area contributed by atoms with E-state index in [2.05, 4.69) is 17.3 Å². The maximum atomic E-state index is 5.54. The molecule has 0 aliphatic heterocycles. The van der Waals surface area contributed by atoms with E-state index in [0.717, 1.165) is 24.8 Å². The van der Waals surface area contributed by atoms with Crippen molar-refractivity contribution < 1.29 is 4.74 Å². The quantitative estimate of drug-likeness (QED) is 0.554. The molecule has 4 heteroatoms. The van der Waals surface area contributed by atoms with Gasteiger partial charge in [0.25, 0.3) is 0 Å². The summed E-state index contributed by atoms with van der Waals surface area (Å²) in [6.45, 7) is 2.16. The fraction of sp³-hybridized carbons (Fsp3) is 0.545. The van der Waals surface area contributed by atoms with Crippen LogP contribution < -0.4 is 16.0 Å². The molecule has 0 saturated carbocycles. The third kappa shape index (κ3) is 3.18. The second kappa shape index (κ2) is 6.37. The maximum Gasteiger partial charge on any atom is 0.217 e. The van der Waals surface area contributed by atoms with E-state index in [1.54, 1.807) is 13.3 Å². The van der Waals surface area contributed by atoms with Crippen molar-refractivity contribution >= 4 is 0 Å². The number of hydrazine groups is 1. The molecule has 1 aromatic rings. The molecule has 0 saturated heterocycles. The molecule has 0 radical (unpaired) electrons. The number of pyridine rings is 1. The Morgan fingerprint density at radius 1 is 1.60 bits per heavy atom. The first-order chi connectivity index (χ1) is 7.33. The van der Waals surface area contributed by atoms with Gasteiger partial charge >= 0.3 is 0 Å². The summed E-state index contributed by atoms with van der Waals surface area (Å²) in [6, 6.07) is 4.01. The first-order valence-electron chi connectivity index (χ1n) is 5.28. The van der Waals surface area contributed by atoms with Crippen molar-refractivity contribution in [1.82, 2.24) is 10.4 Å². The fourth-order valence-electron chi connectivity index (χ4n) is 1.58. The van der Waals surface area contributed by atoms with Gasteiger partial charge in [-0.15, -0.1) is 0 Å². The highest BCUT2D eigenvalue weighted by Crippen LogP contribution is 2.25. The number of methoxy groups -OCH3 is 1. The smallest absolute Gasteiger partial charge is 0.217 e. The normalized spacial score (nSPS) is 12.5. The second-order valence-corrected chi connectivity index (χ2v) is 3.46. The van der Waals surface area contributed by atoms with Gasteiger partial charge in [-0.1, -0.05) is 25.8 Å².